The highest BCUT2D eigenvalue weighted by molar-refractivity contribution is 7.89. The number of hydrogen-bond donors (Lipinski definition) is 1. The minimum absolute atomic E-state index is 0.00801. The normalized spacial score (nSPS) is 16.3. The van der Waals surface area contributed by atoms with Gasteiger partial charge in [-0.1, -0.05) is 41.9 Å². The molecule has 0 radical (unpaired) electrons. The van der Waals surface area contributed by atoms with Gasteiger partial charge in [-0.25, -0.2) is 13.4 Å². The molecule has 1 aromatic heterocycles. The fraction of sp³-hybridized carbons (Fsp3) is 0.333. The molecule has 1 aliphatic heterocycles. The maximum atomic E-state index is 12.7. The molecule has 1 N–H and O–H groups in total. The van der Waals surface area contributed by atoms with Gasteiger partial charge in [-0.15, -0.1) is 0 Å². The van der Waals surface area contributed by atoms with Crippen molar-refractivity contribution >= 4 is 27.5 Å². The summed E-state index contributed by atoms with van der Waals surface area (Å²) in [6.45, 7) is 1.05. The Morgan fingerprint density at radius 2 is 1.85 bits per heavy atom. The van der Waals surface area contributed by atoms with Crippen LogP contribution >= 0.6 is 11.6 Å². The number of aromatic nitrogens is 1. The Morgan fingerprint density at radius 3 is 2.50 bits per heavy atom. The van der Waals surface area contributed by atoms with E-state index in [1.165, 1.54) is 16.6 Å². The third-order valence-corrected chi connectivity index (χ3v) is 6.82. The van der Waals surface area contributed by atoms with E-state index < -0.39 is 10.0 Å². The Kier molecular flexibility index (Phi) is 5.90. The first-order valence-corrected chi connectivity index (χ1v) is 10.2. The topological polar surface area (TPSA) is 79.4 Å². The maximum absolute atomic E-state index is 12.7. The molecule has 2 heterocycles. The summed E-state index contributed by atoms with van der Waals surface area (Å²) >= 11 is 5.93. The van der Waals surface area contributed by atoms with Crippen LogP contribution in [0.5, 0.6) is 0 Å². The lowest BCUT2D eigenvalue weighted by Gasteiger charge is -2.30. The summed E-state index contributed by atoms with van der Waals surface area (Å²) in [5, 5.41) is 2.89. The number of pyridine rings is 1. The zero-order chi connectivity index (χ0) is 18.6. The van der Waals surface area contributed by atoms with Crippen molar-refractivity contribution in [3.8, 4) is 0 Å². The van der Waals surface area contributed by atoms with Crippen LogP contribution in [0.2, 0.25) is 5.15 Å². The van der Waals surface area contributed by atoms with Crippen LogP contribution in [0.25, 0.3) is 0 Å². The van der Waals surface area contributed by atoms with Crippen LogP contribution in [-0.4, -0.2) is 36.7 Å². The molecule has 0 saturated carbocycles. The van der Waals surface area contributed by atoms with Crippen molar-refractivity contribution in [1.29, 1.82) is 0 Å². The molecule has 1 amide bonds. The van der Waals surface area contributed by atoms with E-state index in [-0.39, 0.29) is 35.0 Å². The van der Waals surface area contributed by atoms with Crippen LogP contribution in [0.15, 0.2) is 53.6 Å². The number of hydrogen-bond acceptors (Lipinski definition) is 4. The molecule has 0 spiro atoms. The molecule has 1 fully saturated rings. The fourth-order valence-electron chi connectivity index (χ4n) is 2.99. The van der Waals surface area contributed by atoms with E-state index in [0.717, 1.165) is 5.56 Å². The van der Waals surface area contributed by atoms with Gasteiger partial charge in [-0.2, -0.15) is 4.31 Å². The van der Waals surface area contributed by atoms with Gasteiger partial charge in [-0.05, 0) is 30.5 Å². The Morgan fingerprint density at radius 1 is 1.15 bits per heavy atom. The number of sulfonamides is 1. The molecule has 3 rings (SSSR count). The Bertz CT molecular complexity index is 866. The number of nitrogens with zero attached hydrogens (tertiary/aromatic N) is 2. The number of carbonyl (C=O) groups is 1. The molecular formula is C18H20ClN3O3S. The molecule has 0 atom stereocenters. The number of carbonyl (C=O) groups excluding carboxylic acids is 1. The zero-order valence-corrected chi connectivity index (χ0v) is 15.7. The van der Waals surface area contributed by atoms with Gasteiger partial charge in [0.25, 0.3) is 0 Å². The largest absolute Gasteiger partial charge is 0.352 e. The van der Waals surface area contributed by atoms with Crippen LogP contribution in [0, 0.1) is 5.92 Å². The minimum atomic E-state index is -3.69. The lowest BCUT2D eigenvalue weighted by Crippen LogP contribution is -2.42. The zero-order valence-electron chi connectivity index (χ0n) is 14.1. The predicted octanol–water partition coefficient (Wildman–Crippen LogP) is 2.45. The lowest BCUT2D eigenvalue weighted by atomic mass is 9.97. The van der Waals surface area contributed by atoms with Crippen LogP contribution < -0.4 is 5.32 Å². The molecular weight excluding hydrogens is 374 g/mol. The van der Waals surface area contributed by atoms with E-state index in [2.05, 4.69) is 10.3 Å². The molecule has 0 unspecified atom stereocenters. The van der Waals surface area contributed by atoms with Crippen molar-refractivity contribution < 1.29 is 13.2 Å². The van der Waals surface area contributed by atoms with E-state index in [1.807, 2.05) is 30.3 Å². The van der Waals surface area contributed by atoms with Crippen molar-refractivity contribution in [2.45, 2.75) is 24.3 Å². The van der Waals surface area contributed by atoms with E-state index in [1.54, 1.807) is 6.07 Å². The molecule has 6 nitrogen and oxygen atoms in total. The summed E-state index contributed by atoms with van der Waals surface area (Å²) in [6, 6.07) is 12.7. The SMILES string of the molecule is O=C(NCc1ccccc1)C1CCN(S(=O)(=O)c2cccnc2Cl)CC1. The molecule has 138 valence electrons. The second-order valence-corrected chi connectivity index (χ2v) is 8.44. The number of halogens is 1. The molecule has 1 aromatic carbocycles. The van der Waals surface area contributed by atoms with Crippen molar-refractivity contribution in [3.63, 3.8) is 0 Å². The lowest BCUT2D eigenvalue weighted by molar-refractivity contribution is -0.126. The Hall–Kier alpha value is -1.96. The number of amides is 1. The Balaban J connectivity index is 1.57. The second-order valence-electron chi connectivity index (χ2n) is 6.17. The first-order valence-electron chi connectivity index (χ1n) is 8.41. The first-order chi connectivity index (χ1) is 12.5. The van der Waals surface area contributed by atoms with E-state index in [9.17, 15) is 13.2 Å². The van der Waals surface area contributed by atoms with Gasteiger partial charge >= 0.3 is 0 Å². The van der Waals surface area contributed by atoms with Crippen LogP contribution in [0.3, 0.4) is 0 Å². The summed E-state index contributed by atoms with van der Waals surface area (Å²) < 4.78 is 26.8. The standard InChI is InChI=1S/C18H20ClN3O3S/c19-17-16(7-4-10-20-17)26(24,25)22-11-8-15(9-12-22)18(23)21-13-14-5-2-1-3-6-14/h1-7,10,15H,8-9,11-13H2,(H,21,23). The number of nitrogens with one attached hydrogen (secondary N) is 1. The summed E-state index contributed by atoms with van der Waals surface area (Å²) in [4.78, 5) is 16.2. The first kappa shape index (κ1) is 18.8. The van der Waals surface area contributed by atoms with E-state index in [4.69, 9.17) is 11.6 Å². The highest BCUT2D eigenvalue weighted by Gasteiger charge is 2.33. The maximum Gasteiger partial charge on any atom is 0.246 e. The van der Waals surface area contributed by atoms with Gasteiger partial charge in [0.15, 0.2) is 0 Å². The Labute approximate surface area is 158 Å². The van der Waals surface area contributed by atoms with Crippen LogP contribution in [0.4, 0.5) is 0 Å². The minimum Gasteiger partial charge on any atom is -0.352 e. The summed E-state index contributed by atoms with van der Waals surface area (Å²) in [5.41, 5.74) is 1.03. The average Bonchev–Trinajstić information content (AvgIpc) is 2.67. The van der Waals surface area contributed by atoms with Crippen molar-refractivity contribution in [1.82, 2.24) is 14.6 Å². The van der Waals surface area contributed by atoms with Crippen molar-refractivity contribution in [2.75, 3.05) is 13.1 Å². The van der Waals surface area contributed by atoms with Crippen molar-refractivity contribution in [3.05, 3.63) is 59.4 Å². The smallest absolute Gasteiger partial charge is 0.246 e. The van der Waals surface area contributed by atoms with Gasteiger partial charge < -0.3 is 5.32 Å². The highest BCUT2D eigenvalue weighted by Crippen LogP contribution is 2.27. The van der Waals surface area contributed by atoms with Gasteiger partial charge in [0.2, 0.25) is 15.9 Å². The third-order valence-electron chi connectivity index (χ3n) is 4.48. The molecule has 8 heteroatoms. The average molecular weight is 394 g/mol. The van der Waals surface area contributed by atoms with Gasteiger partial charge in [-0.3, -0.25) is 4.79 Å². The quantitative estimate of drug-likeness (QED) is 0.791. The van der Waals surface area contributed by atoms with Crippen LogP contribution in [0.1, 0.15) is 18.4 Å². The predicted molar refractivity (Wildman–Crippen MR) is 99.0 cm³/mol. The summed E-state index contributed by atoms with van der Waals surface area (Å²) in [5.74, 6) is -0.222. The molecule has 26 heavy (non-hydrogen) atoms. The van der Waals surface area contributed by atoms with Crippen molar-refractivity contribution in [2.24, 2.45) is 5.92 Å². The molecule has 1 aliphatic rings. The third kappa shape index (κ3) is 4.23. The monoisotopic (exact) mass is 393 g/mol. The second kappa shape index (κ2) is 8.16. The molecule has 2 aromatic rings. The van der Waals surface area contributed by atoms with Gasteiger partial charge in [0, 0.05) is 31.7 Å². The number of piperidine rings is 1. The summed E-state index contributed by atoms with van der Waals surface area (Å²) in [7, 11) is -3.69. The number of benzene rings is 1. The van der Waals surface area contributed by atoms with E-state index in [0.29, 0.717) is 19.4 Å². The number of rotatable bonds is 5. The molecule has 0 bridgehead atoms. The van der Waals surface area contributed by atoms with Gasteiger partial charge in [0.05, 0.1) is 0 Å². The van der Waals surface area contributed by atoms with E-state index >= 15 is 0 Å². The highest BCUT2D eigenvalue weighted by atomic mass is 35.5. The molecule has 0 aliphatic carbocycles. The summed E-state index contributed by atoms with van der Waals surface area (Å²) in [6.07, 6.45) is 2.42. The van der Waals surface area contributed by atoms with Crippen LogP contribution in [-0.2, 0) is 21.4 Å². The molecule has 1 saturated heterocycles. The van der Waals surface area contributed by atoms with Gasteiger partial charge in [0.1, 0.15) is 10.0 Å². The fourth-order valence-corrected chi connectivity index (χ4v) is 4.89.